The van der Waals surface area contributed by atoms with E-state index in [9.17, 15) is 5.11 Å². The molecule has 2 heterocycles. The number of aromatic nitrogens is 2. The molecule has 1 atom stereocenters. The summed E-state index contributed by atoms with van der Waals surface area (Å²) >= 11 is 11.0. The number of thiophene rings is 1. The Morgan fingerprint density at radius 1 is 1.27 bits per heavy atom. The van der Waals surface area contributed by atoms with Gasteiger partial charge < -0.3 is 5.11 Å². The third kappa shape index (κ3) is 3.55. The Morgan fingerprint density at radius 2 is 2.14 bits per heavy atom. The minimum Gasteiger partial charge on any atom is -0.383 e. The quantitative estimate of drug-likeness (QED) is 0.655. The maximum atomic E-state index is 10.4. The number of nitrogens with zero attached hydrogens (tertiary/aromatic N) is 2. The largest absolute Gasteiger partial charge is 0.383 e. The lowest BCUT2D eigenvalue weighted by atomic mass is 10.1. The number of hydrogen-bond donors (Lipinski definition) is 1. The summed E-state index contributed by atoms with van der Waals surface area (Å²) in [5, 5.41) is 12.8. The highest BCUT2D eigenvalue weighted by Gasteiger charge is 2.17. The van der Waals surface area contributed by atoms with Crippen molar-refractivity contribution < 1.29 is 5.11 Å². The molecule has 0 aliphatic rings. The van der Waals surface area contributed by atoms with Gasteiger partial charge in [-0.05, 0) is 41.1 Å². The Kier molecular flexibility index (Phi) is 4.88. The van der Waals surface area contributed by atoms with Crippen LogP contribution in [0.4, 0.5) is 0 Å². The van der Waals surface area contributed by atoms with E-state index in [4.69, 9.17) is 11.6 Å². The summed E-state index contributed by atoms with van der Waals surface area (Å²) in [6.07, 6.45) is 2.94. The number of hydrogen-bond acceptors (Lipinski definition) is 4. The molecule has 0 aliphatic carbocycles. The fourth-order valence-corrected chi connectivity index (χ4v) is 3.73. The summed E-state index contributed by atoms with van der Waals surface area (Å²) < 4.78 is 1.06. The maximum absolute atomic E-state index is 10.4. The van der Waals surface area contributed by atoms with Crippen LogP contribution in [0.15, 0.2) is 52.7 Å². The van der Waals surface area contributed by atoms with E-state index in [1.165, 1.54) is 23.2 Å². The second kappa shape index (κ2) is 6.87. The highest BCUT2D eigenvalue weighted by atomic mass is 79.9. The van der Waals surface area contributed by atoms with Gasteiger partial charge in [0.2, 0.25) is 0 Å². The van der Waals surface area contributed by atoms with Gasteiger partial charge in [-0.15, -0.1) is 11.3 Å². The van der Waals surface area contributed by atoms with Crippen LogP contribution in [-0.2, 0) is 6.42 Å². The molecule has 3 nitrogen and oxygen atoms in total. The fourth-order valence-electron chi connectivity index (χ4n) is 2.18. The van der Waals surface area contributed by atoms with Gasteiger partial charge in [0.15, 0.2) is 0 Å². The molecule has 3 aromatic rings. The molecule has 0 spiro atoms. The average molecular weight is 396 g/mol. The molecule has 1 N–H and O–H groups in total. The highest BCUT2D eigenvalue weighted by molar-refractivity contribution is 9.10. The Balaban J connectivity index is 1.80. The minimum absolute atomic E-state index is 0.282. The van der Waals surface area contributed by atoms with E-state index in [1.54, 1.807) is 6.20 Å². The fraction of sp³-hybridized carbons (Fsp3) is 0.125. The summed E-state index contributed by atoms with van der Waals surface area (Å²) in [6.45, 7) is 0. The van der Waals surface area contributed by atoms with Crippen LogP contribution in [0.1, 0.15) is 27.7 Å². The molecule has 2 aromatic heterocycles. The van der Waals surface area contributed by atoms with Crippen LogP contribution in [0.5, 0.6) is 0 Å². The lowest BCUT2D eigenvalue weighted by Crippen LogP contribution is -2.00. The molecule has 112 valence electrons. The van der Waals surface area contributed by atoms with Crippen molar-refractivity contribution in [1.82, 2.24) is 9.97 Å². The molecule has 3 rings (SSSR count). The highest BCUT2D eigenvalue weighted by Crippen LogP contribution is 2.31. The van der Waals surface area contributed by atoms with Crippen LogP contribution in [0.2, 0.25) is 5.15 Å². The van der Waals surface area contributed by atoms with Gasteiger partial charge in [-0.3, -0.25) is 0 Å². The molecule has 0 fully saturated rings. The van der Waals surface area contributed by atoms with Gasteiger partial charge in [-0.25, -0.2) is 9.97 Å². The topological polar surface area (TPSA) is 46.0 Å². The van der Waals surface area contributed by atoms with Gasteiger partial charge in [-0.2, -0.15) is 0 Å². The normalized spacial score (nSPS) is 12.3. The van der Waals surface area contributed by atoms with Crippen LogP contribution in [0.25, 0.3) is 0 Å². The second-order valence-corrected chi connectivity index (χ2v) is 7.05. The van der Waals surface area contributed by atoms with Crippen molar-refractivity contribution in [2.24, 2.45) is 0 Å². The van der Waals surface area contributed by atoms with E-state index in [0.717, 1.165) is 21.3 Å². The average Bonchev–Trinajstić information content (AvgIpc) is 2.95. The molecular formula is C16H12BrClN2OS. The van der Waals surface area contributed by atoms with Crippen molar-refractivity contribution in [3.05, 3.63) is 79.4 Å². The third-order valence-corrected chi connectivity index (χ3v) is 5.07. The van der Waals surface area contributed by atoms with E-state index in [-0.39, 0.29) is 5.15 Å². The number of benzene rings is 1. The van der Waals surface area contributed by atoms with Crippen molar-refractivity contribution in [3.8, 4) is 0 Å². The summed E-state index contributed by atoms with van der Waals surface area (Å²) in [4.78, 5) is 8.66. The van der Waals surface area contributed by atoms with Crippen LogP contribution in [0, 0.1) is 0 Å². The van der Waals surface area contributed by atoms with Gasteiger partial charge in [0.05, 0.1) is 0 Å². The van der Waals surface area contributed by atoms with Crippen molar-refractivity contribution >= 4 is 38.9 Å². The van der Waals surface area contributed by atoms with Crippen molar-refractivity contribution in [2.45, 2.75) is 12.5 Å². The standard InChI is InChI=1S/C16H12BrClN2OS/c17-12-3-1-2-10(5-12)4-11-6-14(22-8-11)15(21)13-7-19-9-20-16(13)18/h1-3,5-9,15,21H,4H2. The monoisotopic (exact) mass is 394 g/mol. The predicted octanol–water partition coefficient (Wildman–Crippen LogP) is 4.63. The molecule has 1 unspecified atom stereocenters. The van der Waals surface area contributed by atoms with Gasteiger partial charge in [0, 0.05) is 21.1 Å². The molecule has 6 heteroatoms. The molecule has 0 bridgehead atoms. The van der Waals surface area contributed by atoms with E-state index in [1.807, 2.05) is 18.2 Å². The van der Waals surface area contributed by atoms with E-state index >= 15 is 0 Å². The first kappa shape index (κ1) is 15.6. The summed E-state index contributed by atoms with van der Waals surface area (Å²) in [5.41, 5.74) is 2.90. The number of aliphatic hydroxyl groups excluding tert-OH is 1. The Morgan fingerprint density at radius 3 is 2.91 bits per heavy atom. The molecular weight excluding hydrogens is 384 g/mol. The zero-order chi connectivity index (χ0) is 15.5. The van der Waals surface area contributed by atoms with Crippen molar-refractivity contribution in [2.75, 3.05) is 0 Å². The molecule has 22 heavy (non-hydrogen) atoms. The first-order valence-electron chi connectivity index (χ1n) is 6.58. The Hall–Kier alpha value is -1.27. The van der Waals surface area contributed by atoms with Crippen molar-refractivity contribution in [3.63, 3.8) is 0 Å². The van der Waals surface area contributed by atoms with E-state index < -0.39 is 6.10 Å². The zero-order valence-corrected chi connectivity index (χ0v) is 14.6. The predicted molar refractivity (Wildman–Crippen MR) is 92.4 cm³/mol. The number of rotatable bonds is 4. The summed E-state index contributed by atoms with van der Waals surface area (Å²) in [7, 11) is 0. The van der Waals surface area contributed by atoms with Crippen LogP contribution < -0.4 is 0 Å². The summed E-state index contributed by atoms with van der Waals surface area (Å²) in [5.74, 6) is 0. The summed E-state index contributed by atoms with van der Waals surface area (Å²) in [6, 6.07) is 10.2. The third-order valence-electron chi connectivity index (χ3n) is 3.22. The van der Waals surface area contributed by atoms with E-state index in [2.05, 4.69) is 43.4 Å². The van der Waals surface area contributed by atoms with Gasteiger partial charge >= 0.3 is 0 Å². The lowest BCUT2D eigenvalue weighted by Gasteiger charge is -2.08. The van der Waals surface area contributed by atoms with Crippen LogP contribution in [0.3, 0.4) is 0 Å². The Labute approximate surface area is 145 Å². The Bertz CT molecular complexity index is 793. The minimum atomic E-state index is -0.796. The lowest BCUT2D eigenvalue weighted by molar-refractivity contribution is 0.223. The van der Waals surface area contributed by atoms with Crippen molar-refractivity contribution in [1.29, 1.82) is 0 Å². The molecule has 0 aliphatic heterocycles. The maximum Gasteiger partial charge on any atom is 0.138 e. The molecule has 0 saturated heterocycles. The first-order valence-corrected chi connectivity index (χ1v) is 8.64. The van der Waals surface area contributed by atoms with E-state index in [0.29, 0.717) is 5.56 Å². The molecule has 1 aromatic carbocycles. The van der Waals surface area contributed by atoms with Crippen LogP contribution in [-0.4, -0.2) is 15.1 Å². The zero-order valence-electron chi connectivity index (χ0n) is 11.4. The molecule has 0 radical (unpaired) electrons. The van der Waals surface area contributed by atoms with Gasteiger partial charge in [0.25, 0.3) is 0 Å². The molecule has 0 saturated carbocycles. The smallest absolute Gasteiger partial charge is 0.138 e. The first-order chi connectivity index (χ1) is 10.6. The second-order valence-electron chi connectivity index (χ2n) is 4.84. The SMILES string of the molecule is OC(c1cc(Cc2cccc(Br)c2)cs1)c1cncnc1Cl. The molecule has 0 amide bonds. The van der Waals surface area contributed by atoms with Gasteiger partial charge in [-0.1, -0.05) is 39.7 Å². The van der Waals surface area contributed by atoms with Crippen LogP contribution >= 0.6 is 38.9 Å². The number of halogens is 2. The van der Waals surface area contributed by atoms with Gasteiger partial charge in [0.1, 0.15) is 17.6 Å². The number of aliphatic hydroxyl groups is 1.